The summed E-state index contributed by atoms with van der Waals surface area (Å²) in [6.45, 7) is 1.73. The molecule has 92 valence electrons. The first-order valence-electron chi connectivity index (χ1n) is 5.39. The van der Waals surface area contributed by atoms with Crippen molar-refractivity contribution in [2.45, 2.75) is 13.3 Å². The minimum Gasteiger partial charge on any atom is -0.504 e. The van der Waals surface area contributed by atoms with Crippen LogP contribution >= 0.6 is 0 Å². The van der Waals surface area contributed by atoms with Gasteiger partial charge in [0.2, 0.25) is 0 Å². The maximum atomic E-state index is 11.5. The molecule has 3 N–H and O–H groups in total. The zero-order valence-corrected chi connectivity index (χ0v) is 9.63. The molecule has 1 rings (SSSR count). The fraction of sp³-hybridized carbons (Fsp3) is 0.308. The number of phenols is 2. The van der Waals surface area contributed by atoms with E-state index in [1.54, 1.807) is 19.1 Å². The van der Waals surface area contributed by atoms with E-state index in [9.17, 15) is 9.90 Å². The van der Waals surface area contributed by atoms with Crippen molar-refractivity contribution < 1.29 is 20.1 Å². The highest BCUT2D eigenvalue weighted by Crippen LogP contribution is 2.25. The molecule has 0 bridgehead atoms. The largest absolute Gasteiger partial charge is 0.504 e. The molecule has 1 unspecified atom stereocenters. The van der Waals surface area contributed by atoms with Crippen LogP contribution in [0.2, 0.25) is 0 Å². The number of carbonyl (C=O) groups is 1. The van der Waals surface area contributed by atoms with Crippen molar-refractivity contribution >= 4 is 11.9 Å². The molecule has 0 aliphatic heterocycles. The third-order valence-electron chi connectivity index (χ3n) is 2.49. The van der Waals surface area contributed by atoms with Crippen LogP contribution in [0.15, 0.2) is 24.3 Å². The Morgan fingerprint density at radius 1 is 1.35 bits per heavy atom. The monoisotopic (exact) mass is 236 g/mol. The number of rotatable bonds is 5. The molecule has 1 aromatic rings. The number of aromatic hydroxyl groups is 2. The van der Waals surface area contributed by atoms with E-state index in [0.717, 1.165) is 0 Å². The number of aliphatic hydroxyl groups is 1. The maximum absolute atomic E-state index is 11.5. The van der Waals surface area contributed by atoms with Crippen molar-refractivity contribution in [1.29, 1.82) is 0 Å². The van der Waals surface area contributed by atoms with Crippen molar-refractivity contribution in [3.8, 4) is 11.5 Å². The third-order valence-corrected chi connectivity index (χ3v) is 2.49. The summed E-state index contributed by atoms with van der Waals surface area (Å²) < 4.78 is 0. The summed E-state index contributed by atoms with van der Waals surface area (Å²) >= 11 is 0. The van der Waals surface area contributed by atoms with Gasteiger partial charge in [0.05, 0.1) is 0 Å². The molecule has 17 heavy (non-hydrogen) atoms. The molecule has 0 fully saturated rings. The van der Waals surface area contributed by atoms with Gasteiger partial charge in [0, 0.05) is 12.5 Å². The van der Waals surface area contributed by atoms with Crippen molar-refractivity contribution in [2.75, 3.05) is 6.61 Å². The SMILES string of the molecule is CC(CCO)C(=O)/C=C/c1ccc(O)c(O)c1. The number of hydrogen-bond donors (Lipinski definition) is 3. The number of carbonyl (C=O) groups excluding carboxylic acids is 1. The summed E-state index contributed by atoms with van der Waals surface area (Å²) in [6, 6.07) is 4.32. The Kier molecular flexibility index (Phi) is 4.72. The molecule has 0 spiro atoms. The van der Waals surface area contributed by atoms with Gasteiger partial charge in [-0.05, 0) is 30.2 Å². The van der Waals surface area contributed by atoms with Gasteiger partial charge in [0.15, 0.2) is 17.3 Å². The number of aliphatic hydroxyl groups excluding tert-OH is 1. The molecule has 0 saturated carbocycles. The lowest BCUT2D eigenvalue weighted by Crippen LogP contribution is -2.09. The van der Waals surface area contributed by atoms with Crippen molar-refractivity contribution in [3.63, 3.8) is 0 Å². The Labute approximate surface area is 99.8 Å². The normalized spacial score (nSPS) is 12.8. The lowest BCUT2D eigenvalue weighted by atomic mass is 10.0. The third kappa shape index (κ3) is 3.92. The molecule has 0 heterocycles. The molecule has 0 aliphatic rings. The predicted octanol–water partition coefficient (Wildman–Crippen LogP) is 1.70. The van der Waals surface area contributed by atoms with Crippen LogP contribution in [-0.2, 0) is 4.79 Å². The van der Waals surface area contributed by atoms with E-state index in [4.69, 9.17) is 10.2 Å². The van der Waals surface area contributed by atoms with Crippen LogP contribution < -0.4 is 0 Å². The van der Waals surface area contributed by atoms with Crippen molar-refractivity contribution in [1.82, 2.24) is 0 Å². The number of hydrogen-bond acceptors (Lipinski definition) is 4. The molecule has 0 radical (unpaired) electrons. The minimum absolute atomic E-state index is 0.0132. The molecule has 0 saturated heterocycles. The fourth-order valence-electron chi connectivity index (χ4n) is 1.32. The average molecular weight is 236 g/mol. The second-order valence-corrected chi connectivity index (χ2v) is 3.90. The van der Waals surface area contributed by atoms with Crippen LogP contribution in [0.1, 0.15) is 18.9 Å². The van der Waals surface area contributed by atoms with Gasteiger partial charge in [-0.3, -0.25) is 4.79 Å². The van der Waals surface area contributed by atoms with Gasteiger partial charge in [0.25, 0.3) is 0 Å². The second-order valence-electron chi connectivity index (χ2n) is 3.90. The first-order valence-corrected chi connectivity index (χ1v) is 5.39. The molecule has 1 atom stereocenters. The number of phenolic OH excluding ortho intramolecular Hbond substituents is 2. The number of ketones is 1. The Bertz CT molecular complexity index is 423. The predicted molar refractivity (Wildman–Crippen MR) is 64.7 cm³/mol. The van der Waals surface area contributed by atoms with Crippen LogP contribution in [0, 0.1) is 5.92 Å². The zero-order chi connectivity index (χ0) is 12.8. The molecule has 4 heteroatoms. The van der Waals surface area contributed by atoms with Crippen LogP contribution in [0.5, 0.6) is 11.5 Å². The minimum atomic E-state index is -0.220. The van der Waals surface area contributed by atoms with Gasteiger partial charge in [-0.1, -0.05) is 19.1 Å². The van der Waals surface area contributed by atoms with Crippen molar-refractivity contribution in [2.24, 2.45) is 5.92 Å². The molecular formula is C13H16O4. The van der Waals surface area contributed by atoms with Crippen molar-refractivity contribution in [3.05, 3.63) is 29.8 Å². The molecular weight excluding hydrogens is 220 g/mol. The van der Waals surface area contributed by atoms with Crippen LogP contribution in [0.3, 0.4) is 0 Å². The lowest BCUT2D eigenvalue weighted by molar-refractivity contribution is -0.118. The summed E-state index contributed by atoms with van der Waals surface area (Å²) in [7, 11) is 0. The van der Waals surface area contributed by atoms with E-state index in [1.807, 2.05) is 0 Å². The van der Waals surface area contributed by atoms with E-state index < -0.39 is 0 Å². The molecule has 0 aliphatic carbocycles. The molecule has 4 nitrogen and oxygen atoms in total. The topological polar surface area (TPSA) is 77.8 Å². The fourth-order valence-corrected chi connectivity index (χ4v) is 1.32. The Hall–Kier alpha value is -1.81. The first-order chi connectivity index (χ1) is 8.04. The Morgan fingerprint density at radius 3 is 2.65 bits per heavy atom. The Morgan fingerprint density at radius 2 is 2.06 bits per heavy atom. The van der Waals surface area contributed by atoms with Gasteiger partial charge in [-0.25, -0.2) is 0 Å². The Balaban J connectivity index is 2.70. The van der Waals surface area contributed by atoms with Gasteiger partial charge >= 0.3 is 0 Å². The zero-order valence-electron chi connectivity index (χ0n) is 9.63. The highest BCUT2D eigenvalue weighted by Gasteiger charge is 2.08. The summed E-state index contributed by atoms with van der Waals surface area (Å²) in [5.74, 6) is -0.710. The van der Waals surface area contributed by atoms with E-state index >= 15 is 0 Å². The van der Waals surface area contributed by atoms with E-state index in [-0.39, 0.29) is 29.8 Å². The molecule has 1 aromatic carbocycles. The second kappa shape index (κ2) is 6.06. The highest BCUT2D eigenvalue weighted by molar-refractivity contribution is 5.95. The maximum Gasteiger partial charge on any atom is 0.158 e. The smallest absolute Gasteiger partial charge is 0.158 e. The summed E-state index contributed by atoms with van der Waals surface area (Å²) in [5, 5.41) is 27.1. The number of benzene rings is 1. The van der Waals surface area contributed by atoms with Crippen LogP contribution in [-0.4, -0.2) is 27.7 Å². The van der Waals surface area contributed by atoms with E-state index in [2.05, 4.69) is 0 Å². The van der Waals surface area contributed by atoms with Gasteiger partial charge in [0.1, 0.15) is 0 Å². The van der Waals surface area contributed by atoms with Gasteiger partial charge < -0.3 is 15.3 Å². The highest BCUT2D eigenvalue weighted by atomic mass is 16.3. The summed E-state index contributed by atoms with van der Waals surface area (Å²) in [6.07, 6.45) is 3.41. The first kappa shape index (κ1) is 13.3. The average Bonchev–Trinajstić information content (AvgIpc) is 2.30. The summed E-state index contributed by atoms with van der Waals surface area (Å²) in [4.78, 5) is 11.5. The summed E-state index contributed by atoms with van der Waals surface area (Å²) in [5.41, 5.74) is 0.629. The molecule has 0 aromatic heterocycles. The van der Waals surface area contributed by atoms with E-state index in [1.165, 1.54) is 18.2 Å². The van der Waals surface area contributed by atoms with Crippen LogP contribution in [0.25, 0.3) is 6.08 Å². The van der Waals surface area contributed by atoms with Crippen LogP contribution in [0.4, 0.5) is 0 Å². The number of allylic oxidation sites excluding steroid dienone is 1. The quantitative estimate of drug-likeness (QED) is 0.537. The van der Waals surface area contributed by atoms with E-state index in [0.29, 0.717) is 12.0 Å². The lowest BCUT2D eigenvalue weighted by Gasteiger charge is -2.04. The van der Waals surface area contributed by atoms with Gasteiger partial charge in [-0.15, -0.1) is 0 Å². The molecule has 0 amide bonds. The standard InChI is InChI=1S/C13H16O4/c1-9(6-7-14)11(15)4-2-10-3-5-12(16)13(17)8-10/h2-5,8-9,14,16-17H,6-7H2,1H3/b4-2+. The van der Waals surface area contributed by atoms with Gasteiger partial charge in [-0.2, -0.15) is 0 Å².